The standard InChI is InChI=1S/C32H64NO8P/c1-6-8-10-11-12-13-14-15-16-17-18-19-20-21-22-23-25-32(35)41-30(28-38-31(34)24-9-7-2)29-40-42(36,37)39-27-26-33(3,4)5/h30H,6-29H2,1-5H3/p+1. The van der Waals surface area contributed by atoms with Gasteiger partial charge in [-0.1, -0.05) is 117 Å². The molecule has 250 valence electrons. The van der Waals surface area contributed by atoms with Gasteiger partial charge < -0.3 is 18.9 Å². The fourth-order valence-electron chi connectivity index (χ4n) is 4.40. The fraction of sp³-hybridized carbons (Fsp3) is 0.938. The molecule has 2 unspecified atom stereocenters. The van der Waals surface area contributed by atoms with Crippen molar-refractivity contribution in [3.05, 3.63) is 0 Å². The Balaban J connectivity index is 4.17. The highest BCUT2D eigenvalue weighted by atomic mass is 31.2. The van der Waals surface area contributed by atoms with Crippen LogP contribution >= 0.6 is 7.82 Å². The summed E-state index contributed by atoms with van der Waals surface area (Å²) in [4.78, 5) is 34.4. The van der Waals surface area contributed by atoms with E-state index >= 15 is 0 Å². The molecular formula is C32H65NO8P+. The van der Waals surface area contributed by atoms with Gasteiger partial charge in [-0.25, -0.2) is 4.57 Å². The zero-order valence-corrected chi connectivity index (χ0v) is 28.6. The Morgan fingerprint density at radius 1 is 0.643 bits per heavy atom. The molecule has 1 N–H and O–H groups in total. The molecule has 0 aliphatic heterocycles. The first kappa shape index (κ1) is 41.0. The summed E-state index contributed by atoms with van der Waals surface area (Å²) < 4.78 is 33.6. The summed E-state index contributed by atoms with van der Waals surface area (Å²) in [6, 6.07) is 0. The number of phosphoric ester groups is 1. The second kappa shape index (κ2) is 26.4. The molecule has 0 aliphatic carbocycles. The molecule has 0 aliphatic rings. The molecule has 42 heavy (non-hydrogen) atoms. The molecule has 0 bridgehead atoms. The van der Waals surface area contributed by atoms with E-state index in [4.69, 9.17) is 18.5 Å². The highest BCUT2D eigenvalue weighted by Gasteiger charge is 2.27. The van der Waals surface area contributed by atoms with Gasteiger partial charge in [0.2, 0.25) is 0 Å². The molecule has 0 saturated heterocycles. The minimum Gasteiger partial charge on any atom is -0.462 e. The van der Waals surface area contributed by atoms with Gasteiger partial charge in [-0.3, -0.25) is 18.6 Å². The number of unbranched alkanes of at least 4 members (excludes halogenated alkanes) is 16. The van der Waals surface area contributed by atoms with E-state index in [0.717, 1.165) is 19.3 Å². The van der Waals surface area contributed by atoms with Crippen molar-refractivity contribution in [3.63, 3.8) is 0 Å². The number of carbonyl (C=O) groups is 2. The first-order valence-corrected chi connectivity index (χ1v) is 18.3. The van der Waals surface area contributed by atoms with E-state index < -0.39 is 32.5 Å². The second-order valence-corrected chi connectivity index (χ2v) is 14.0. The molecule has 0 aromatic rings. The van der Waals surface area contributed by atoms with Crippen molar-refractivity contribution in [1.82, 2.24) is 0 Å². The number of quaternary nitrogens is 1. The molecule has 0 radical (unpaired) electrons. The Hall–Kier alpha value is -0.990. The number of carbonyl (C=O) groups excluding carboxylic acids is 2. The molecule has 0 aromatic heterocycles. The first-order chi connectivity index (χ1) is 20.0. The van der Waals surface area contributed by atoms with Gasteiger partial charge in [0.15, 0.2) is 6.10 Å². The average molecular weight is 623 g/mol. The van der Waals surface area contributed by atoms with Crippen LogP contribution in [0.2, 0.25) is 0 Å². The van der Waals surface area contributed by atoms with Gasteiger partial charge in [0, 0.05) is 12.8 Å². The normalized spacial score (nSPS) is 14.0. The molecule has 2 atom stereocenters. The van der Waals surface area contributed by atoms with Crippen molar-refractivity contribution in [3.8, 4) is 0 Å². The Kier molecular flexibility index (Phi) is 25.8. The molecule has 9 nitrogen and oxygen atoms in total. The van der Waals surface area contributed by atoms with Gasteiger partial charge in [-0.2, -0.15) is 0 Å². The molecule has 0 saturated carbocycles. The lowest BCUT2D eigenvalue weighted by atomic mass is 10.0. The summed E-state index contributed by atoms with van der Waals surface area (Å²) in [5, 5.41) is 0. The average Bonchev–Trinajstić information content (AvgIpc) is 2.92. The number of ether oxygens (including phenoxy) is 2. The van der Waals surface area contributed by atoms with Crippen LogP contribution in [0.4, 0.5) is 0 Å². The summed E-state index contributed by atoms with van der Waals surface area (Å²) in [5.41, 5.74) is 0. The number of likely N-dealkylation sites (N-methyl/N-ethyl adjacent to an activating group) is 1. The number of esters is 2. The summed E-state index contributed by atoms with van der Waals surface area (Å²) >= 11 is 0. The summed E-state index contributed by atoms with van der Waals surface area (Å²) in [6.45, 7) is 4.15. The lowest BCUT2D eigenvalue weighted by molar-refractivity contribution is -0.870. The van der Waals surface area contributed by atoms with Gasteiger partial charge in [-0.15, -0.1) is 0 Å². The van der Waals surface area contributed by atoms with E-state index in [1.54, 1.807) is 0 Å². The van der Waals surface area contributed by atoms with Gasteiger partial charge >= 0.3 is 19.8 Å². The lowest BCUT2D eigenvalue weighted by Crippen LogP contribution is -2.37. The summed E-state index contributed by atoms with van der Waals surface area (Å²) in [6.07, 6.45) is 21.2. The quantitative estimate of drug-likeness (QED) is 0.0370. The predicted octanol–water partition coefficient (Wildman–Crippen LogP) is 8.12. The van der Waals surface area contributed by atoms with Crippen molar-refractivity contribution in [1.29, 1.82) is 0 Å². The van der Waals surface area contributed by atoms with Crippen molar-refractivity contribution in [2.75, 3.05) is 47.5 Å². The smallest absolute Gasteiger partial charge is 0.462 e. The van der Waals surface area contributed by atoms with Gasteiger partial charge in [0.1, 0.15) is 19.8 Å². The third-order valence-corrected chi connectivity index (χ3v) is 8.12. The van der Waals surface area contributed by atoms with E-state index in [9.17, 15) is 19.0 Å². The van der Waals surface area contributed by atoms with Crippen LogP contribution in [0.25, 0.3) is 0 Å². The summed E-state index contributed by atoms with van der Waals surface area (Å²) in [5.74, 6) is -0.834. The zero-order valence-electron chi connectivity index (χ0n) is 27.7. The number of hydrogen-bond acceptors (Lipinski definition) is 7. The van der Waals surface area contributed by atoms with E-state index in [1.165, 1.54) is 83.5 Å². The molecule has 0 fully saturated rings. The Morgan fingerprint density at radius 3 is 1.57 bits per heavy atom. The van der Waals surface area contributed by atoms with Crippen LogP contribution in [0.5, 0.6) is 0 Å². The maximum absolute atomic E-state index is 12.4. The lowest BCUT2D eigenvalue weighted by Gasteiger charge is -2.24. The minimum atomic E-state index is -4.34. The topological polar surface area (TPSA) is 108 Å². The van der Waals surface area contributed by atoms with E-state index in [0.29, 0.717) is 23.9 Å². The molecule has 0 heterocycles. The SMILES string of the molecule is CCCCCCCCCCCCCCCCCCC(=O)OC(COC(=O)CCCC)COP(=O)(O)OCC[N+](C)(C)C. The minimum absolute atomic E-state index is 0.0347. The van der Waals surface area contributed by atoms with Crippen LogP contribution in [0.15, 0.2) is 0 Å². The highest BCUT2D eigenvalue weighted by Crippen LogP contribution is 2.43. The maximum Gasteiger partial charge on any atom is 0.472 e. The number of rotatable bonds is 30. The van der Waals surface area contributed by atoms with Gasteiger partial charge in [-0.05, 0) is 12.8 Å². The van der Waals surface area contributed by atoms with Crippen molar-refractivity contribution in [2.24, 2.45) is 0 Å². The second-order valence-electron chi connectivity index (χ2n) is 12.6. The maximum atomic E-state index is 12.4. The molecule has 0 aromatic carbocycles. The summed E-state index contributed by atoms with van der Waals surface area (Å²) in [7, 11) is 1.48. The van der Waals surface area contributed by atoms with E-state index in [1.807, 2.05) is 28.1 Å². The Morgan fingerprint density at radius 2 is 1.10 bits per heavy atom. The number of phosphoric acid groups is 1. The first-order valence-electron chi connectivity index (χ1n) is 16.8. The highest BCUT2D eigenvalue weighted by molar-refractivity contribution is 7.47. The molecule has 0 amide bonds. The van der Waals surface area contributed by atoms with Crippen LogP contribution in [0.3, 0.4) is 0 Å². The van der Waals surface area contributed by atoms with Gasteiger partial charge in [0.05, 0.1) is 27.7 Å². The van der Waals surface area contributed by atoms with Crippen LogP contribution in [-0.4, -0.2) is 74.9 Å². The van der Waals surface area contributed by atoms with Gasteiger partial charge in [0.25, 0.3) is 0 Å². The Bertz CT molecular complexity index is 713. The molecule has 10 heteroatoms. The fourth-order valence-corrected chi connectivity index (χ4v) is 5.14. The van der Waals surface area contributed by atoms with Crippen LogP contribution in [-0.2, 0) is 32.7 Å². The zero-order chi connectivity index (χ0) is 31.5. The van der Waals surface area contributed by atoms with E-state index in [2.05, 4.69) is 6.92 Å². The Labute approximate surface area is 257 Å². The third kappa shape index (κ3) is 29.1. The van der Waals surface area contributed by atoms with Crippen LogP contribution in [0, 0.1) is 0 Å². The van der Waals surface area contributed by atoms with Crippen molar-refractivity contribution in [2.45, 2.75) is 148 Å². The number of hydrogen-bond donors (Lipinski definition) is 1. The van der Waals surface area contributed by atoms with Crippen molar-refractivity contribution >= 4 is 19.8 Å². The molecule has 0 rings (SSSR count). The van der Waals surface area contributed by atoms with E-state index in [-0.39, 0.29) is 26.1 Å². The monoisotopic (exact) mass is 622 g/mol. The number of nitrogens with zero attached hydrogens (tertiary/aromatic N) is 1. The van der Waals surface area contributed by atoms with Crippen LogP contribution in [0.1, 0.15) is 142 Å². The molecular weight excluding hydrogens is 557 g/mol. The van der Waals surface area contributed by atoms with Crippen molar-refractivity contribution < 1.29 is 42.1 Å². The molecule has 0 spiro atoms. The largest absolute Gasteiger partial charge is 0.472 e. The predicted molar refractivity (Wildman–Crippen MR) is 169 cm³/mol. The third-order valence-electron chi connectivity index (χ3n) is 7.14. The van der Waals surface area contributed by atoms with Crippen LogP contribution < -0.4 is 0 Å².